The molecule has 0 saturated carbocycles. The van der Waals surface area contributed by atoms with Gasteiger partial charge in [-0.25, -0.2) is 0 Å². The van der Waals surface area contributed by atoms with Crippen molar-refractivity contribution in [2.75, 3.05) is 6.61 Å². The molecule has 3 aromatic carbocycles. The monoisotopic (exact) mass is 446 g/mol. The third-order valence-electron chi connectivity index (χ3n) is 5.39. The van der Waals surface area contributed by atoms with Crippen LogP contribution in [0.5, 0.6) is 11.5 Å². The van der Waals surface area contributed by atoms with Gasteiger partial charge in [0.25, 0.3) is 11.8 Å². The Morgan fingerprint density at radius 3 is 2.15 bits per heavy atom. The number of hydrogen-bond donors (Lipinski definition) is 2. The van der Waals surface area contributed by atoms with E-state index in [1.165, 1.54) is 0 Å². The minimum Gasteiger partial charge on any atom is -0.484 e. The van der Waals surface area contributed by atoms with E-state index in [-0.39, 0.29) is 6.61 Å². The van der Waals surface area contributed by atoms with Gasteiger partial charge in [-0.1, -0.05) is 74.5 Å². The maximum absolute atomic E-state index is 12.4. The number of amides is 2. The van der Waals surface area contributed by atoms with Crippen LogP contribution in [0.25, 0.3) is 11.1 Å². The number of para-hydroxylation sites is 1. The third kappa shape index (κ3) is 6.84. The Morgan fingerprint density at radius 1 is 0.818 bits per heavy atom. The Morgan fingerprint density at radius 2 is 1.45 bits per heavy atom. The van der Waals surface area contributed by atoms with E-state index in [1.807, 2.05) is 66.7 Å². The minimum absolute atomic E-state index is 0.225. The lowest BCUT2D eigenvalue weighted by Gasteiger charge is -2.19. The molecule has 0 spiro atoms. The molecule has 0 aliphatic carbocycles. The average molecular weight is 447 g/mol. The molecule has 172 valence electrons. The number of ether oxygens (including phenoxy) is 2. The van der Waals surface area contributed by atoms with Crippen LogP contribution in [0.2, 0.25) is 0 Å². The van der Waals surface area contributed by atoms with Crippen molar-refractivity contribution in [3.8, 4) is 22.6 Å². The Labute approximate surface area is 194 Å². The Kier molecular flexibility index (Phi) is 8.47. The van der Waals surface area contributed by atoms with Gasteiger partial charge in [-0.3, -0.25) is 20.4 Å². The summed E-state index contributed by atoms with van der Waals surface area (Å²) < 4.78 is 11.4. The van der Waals surface area contributed by atoms with E-state index in [2.05, 4.69) is 24.7 Å². The van der Waals surface area contributed by atoms with Crippen molar-refractivity contribution in [1.29, 1.82) is 0 Å². The fourth-order valence-electron chi connectivity index (χ4n) is 3.25. The van der Waals surface area contributed by atoms with Crippen molar-refractivity contribution < 1.29 is 19.1 Å². The molecule has 0 aliphatic rings. The van der Waals surface area contributed by atoms with Gasteiger partial charge < -0.3 is 9.47 Å². The van der Waals surface area contributed by atoms with E-state index in [1.54, 1.807) is 19.1 Å². The zero-order chi connectivity index (χ0) is 23.6. The zero-order valence-electron chi connectivity index (χ0n) is 19.2. The van der Waals surface area contributed by atoms with Gasteiger partial charge in [0.1, 0.15) is 11.5 Å². The average Bonchev–Trinajstić information content (AvgIpc) is 2.86. The molecule has 0 fully saturated rings. The third-order valence-corrected chi connectivity index (χ3v) is 5.39. The molecule has 0 radical (unpaired) electrons. The number of hydrazine groups is 1. The molecule has 33 heavy (non-hydrogen) atoms. The molecule has 0 heterocycles. The van der Waals surface area contributed by atoms with Gasteiger partial charge in [-0.05, 0) is 54.2 Å². The van der Waals surface area contributed by atoms with Gasteiger partial charge >= 0.3 is 0 Å². The molecule has 2 unspecified atom stereocenters. The minimum atomic E-state index is -0.776. The van der Waals surface area contributed by atoms with E-state index >= 15 is 0 Å². The number of nitrogens with one attached hydrogen (secondary N) is 2. The number of benzene rings is 3. The van der Waals surface area contributed by atoms with Crippen LogP contribution in [0.15, 0.2) is 78.9 Å². The predicted molar refractivity (Wildman–Crippen MR) is 129 cm³/mol. The lowest BCUT2D eigenvalue weighted by molar-refractivity contribution is -0.133. The van der Waals surface area contributed by atoms with E-state index in [9.17, 15) is 9.59 Å². The highest BCUT2D eigenvalue weighted by Gasteiger charge is 2.18. The summed E-state index contributed by atoms with van der Waals surface area (Å²) in [5, 5.41) is 0. The molecule has 0 aliphatic heterocycles. The van der Waals surface area contributed by atoms with Crippen LogP contribution in [0.3, 0.4) is 0 Å². The highest BCUT2D eigenvalue weighted by Crippen LogP contribution is 2.29. The highest BCUT2D eigenvalue weighted by molar-refractivity contribution is 5.85. The topological polar surface area (TPSA) is 76.7 Å². The van der Waals surface area contributed by atoms with Gasteiger partial charge in [-0.15, -0.1) is 0 Å². The first-order valence-corrected chi connectivity index (χ1v) is 11.1. The predicted octanol–water partition coefficient (Wildman–Crippen LogP) is 4.86. The van der Waals surface area contributed by atoms with Crippen molar-refractivity contribution in [3.05, 3.63) is 84.4 Å². The van der Waals surface area contributed by atoms with E-state index in [4.69, 9.17) is 9.47 Å². The fourth-order valence-corrected chi connectivity index (χ4v) is 3.25. The van der Waals surface area contributed by atoms with Gasteiger partial charge in [0, 0.05) is 0 Å². The van der Waals surface area contributed by atoms with E-state index in [0.717, 1.165) is 23.1 Å². The maximum atomic E-state index is 12.4. The maximum Gasteiger partial charge on any atom is 0.279 e. The Bertz CT molecular complexity index is 1050. The first-order chi connectivity index (χ1) is 16.0. The van der Waals surface area contributed by atoms with Crippen LogP contribution in [-0.2, 0) is 9.59 Å². The van der Waals surface area contributed by atoms with Crippen molar-refractivity contribution >= 4 is 11.8 Å². The second-order valence-electron chi connectivity index (χ2n) is 7.82. The zero-order valence-corrected chi connectivity index (χ0v) is 19.2. The standard InChI is InChI=1S/C27H30N2O4/c1-4-19(2)24-12-8-9-13-25(24)33-20(3)27(31)29-28-26(30)18-32-23-16-14-22(15-17-23)21-10-6-5-7-11-21/h5-17,19-20H,4,18H2,1-3H3,(H,28,30)(H,29,31). The molecule has 3 aromatic rings. The first-order valence-electron chi connectivity index (χ1n) is 11.1. The van der Waals surface area contributed by atoms with Crippen LogP contribution < -0.4 is 20.3 Å². The molecule has 6 heteroatoms. The number of hydrogen-bond acceptors (Lipinski definition) is 4. The number of rotatable bonds is 9. The molecule has 0 saturated heterocycles. The Balaban J connectivity index is 1.44. The fraction of sp³-hybridized carbons (Fsp3) is 0.259. The highest BCUT2D eigenvalue weighted by atomic mass is 16.5. The van der Waals surface area contributed by atoms with E-state index < -0.39 is 17.9 Å². The number of carbonyl (C=O) groups excluding carboxylic acids is 2. The molecule has 0 bridgehead atoms. The summed E-state index contributed by atoms with van der Waals surface area (Å²) in [5.74, 6) is 0.630. The van der Waals surface area contributed by atoms with Crippen molar-refractivity contribution in [2.45, 2.75) is 39.2 Å². The van der Waals surface area contributed by atoms with Gasteiger partial charge in [0.2, 0.25) is 0 Å². The SMILES string of the molecule is CCC(C)c1ccccc1OC(C)C(=O)NNC(=O)COc1ccc(-c2ccccc2)cc1. The summed E-state index contributed by atoms with van der Waals surface area (Å²) in [6.07, 6.45) is 0.188. The summed E-state index contributed by atoms with van der Waals surface area (Å²) in [7, 11) is 0. The second-order valence-corrected chi connectivity index (χ2v) is 7.82. The van der Waals surface area contributed by atoms with Crippen LogP contribution in [0.1, 0.15) is 38.7 Å². The molecule has 2 atom stereocenters. The van der Waals surface area contributed by atoms with Crippen LogP contribution in [0.4, 0.5) is 0 Å². The number of carbonyl (C=O) groups is 2. The summed E-state index contributed by atoms with van der Waals surface area (Å²) in [4.78, 5) is 24.4. The lowest BCUT2D eigenvalue weighted by atomic mass is 9.98. The quantitative estimate of drug-likeness (QED) is 0.460. The summed E-state index contributed by atoms with van der Waals surface area (Å²) in [6, 6.07) is 25.1. The summed E-state index contributed by atoms with van der Waals surface area (Å²) in [5.41, 5.74) is 7.96. The van der Waals surface area contributed by atoms with Crippen LogP contribution in [0, 0.1) is 0 Å². The molecular weight excluding hydrogens is 416 g/mol. The van der Waals surface area contributed by atoms with Gasteiger partial charge in [-0.2, -0.15) is 0 Å². The van der Waals surface area contributed by atoms with Crippen molar-refractivity contribution in [1.82, 2.24) is 10.9 Å². The molecule has 3 rings (SSSR count). The van der Waals surface area contributed by atoms with Crippen molar-refractivity contribution in [3.63, 3.8) is 0 Å². The van der Waals surface area contributed by atoms with Crippen LogP contribution in [-0.4, -0.2) is 24.5 Å². The largest absolute Gasteiger partial charge is 0.484 e. The van der Waals surface area contributed by atoms with Gasteiger partial charge in [0.15, 0.2) is 12.7 Å². The second kappa shape index (κ2) is 11.7. The van der Waals surface area contributed by atoms with Gasteiger partial charge in [0.05, 0.1) is 0 Å². The summed E-state index contributed by atoms with van der Waals surface area (Å²) >= 11 is 0. The normalized spacial score (nSPS) is 12.3. The lowest BCUT2D eigenvalue weighted by Crippen LogP contribution is -2.48. The molecular formula is C27H30N2O4. The van der Waals surface area contributed by atoms with Crippen molar-refractivity contribution in [2.24, 2.45) is 0 Å². The molecule has 2 N–H and O–H groups in total. The first kappa shape index (κ1) is 23.9. The van der Waals surface area contributed by atoms with Crippen LogP contribution >= 0.6 is 0 Å². The molecule has 2 amide bonds. The van der Waals surface area contributed by atoms with E-state index in [0.29, 0.717) is 17.4 Å². The molecule has 6 nitrogen and oxygen atoms in total. The Hall–Kier alpha value is -3.80. The summed E-state index contributed by atoms with van der Waals surface area (Å²) in [6.45, 7) is 5.63. The smallest absolute Gasteiger partial charge is 0.279 e. The molecule has 0 aromatic heterocycles.